The summed E-state index contributed by atoms with van der Waals surface area (Å²) in [5, 5.41) is 10.3. The van der Waals surface area contributed by atoms with Gasteiger partial charge in [0.25, 0.3) is 0 Å². The summed E-state index contributed by atoms with van der Waals surface area (Å²) < 4.78 is 105. The SMILES string of the molecule is CC(C)(C)c1ccc(-c2oc3ccc(O)cc3c2C2=C(c3cc(-c4ccc(C(C)(C)C)s4)sc3-c3ccc(C(C)(C)C)s3)C(F)(F)C(F)(F)C2(F)F)cc1. The van der Waals surface area contributed by atoms with Gasteiger partial charge in [-0.3, -0.25) is 0 Å². The quantitative estimate of drug-likeness (QED) is 0.176. The fourth-order valence-corrected chi connectivity index (χ4v) is 10.2. The van der Waals surface area contributed by atoms with Gasteiger partial charge in [-0.15, -0.1) is 34.0 Å². The number of alkyl halides is 6. The second-order valence-electron chi connectivity index (χ2n) is 17.0. The fourth-order valence-electron chi connectivity index (χ4n) is 6.69. The lowest BCUT2D eigenvalue weighted by atomic mass is 9.86. The molecule has 0 aliphatic heterocycles. The molecule has 284 valence electrons. The summed E-state index contributed by atoms with van der Waals surface area (Å²) in [5.41, 5.74) is -3.76. The molecule has 2 nitrogen and oxygen atoms in total. The van der Waals surface area contributed by atoms with Crippen LogP contribution in [0.15, 0.2) is 77.2 Å². The topological polar surface area (TPSA) is 33.4 Å². The molecule has 6 aromatic rings. The molecular formula is C43H40F6O2S3. The van der Waals surface area contributed by atoms with Crippen molar-refractivity contribution >= 4 is 56.1 Å². The molecule has 0 saturated heterocycles. The van der Waals surface area contributed by atoms with E-state index in [2.05, 4.69) is 0 Å². The molecular weight excluding hydrogens is 759 g/mol. The van der Waals surface area contributed by atoms with Crippen molar-refractivity contribution in [3.8, 4) is 36.6 Å². The van der Waals surface area contributed by atoms with E-state index in [1.807, 2.05) is 80.5 Å². The summed E-state index contributed by atoms with van der Waals surface area (Å²) in [5.74, 6) is -17.1. The predicted octanol–water partition coefficient (Wildman–Crippen LogP) is 15.0. The molecule has 4 aromatic heterocycles. The van der Waals surface area contributed by atoms with Crippen molar-refractivity contribution in [3.63, 3.8) is 0 Å². The minimum absolute atomic E-state index is 0.0357. The van der Waals surface area contributed by atoms with Crippen molar-refractivity contribution in [1.29, 1.82) is 0 Å². The van der Waals surface area contributed by atoms with Crippen LogP contribution in [-0.4, -0.2) is 22.9 Å². The Morgan fingerprint density at radius 3 is 1.69 bits per heavy atom. The average molecular weight is 799 g/mol. The number of hydrogen-bond donors (Lipinski definition) is 1. The molecule has 11 heteroatoms. The summed E-state index contributed by atoms with van der Waals surface area (Å²) in [6.07, 6.45) is 0. The second-order valence-corrected chi connectivity index (χ2v) is 20.2. The van der Waals surface area contributed by atoms with Gasteiger partial charge in [-0.1, -0.05) is 86.6 Å². The van der Waals surface area contributed by atoms with E-state index < -0.39 is 40.0 Å². The number of aromatic hydroxyl groups is 1. The van der Waals surface area contributed by atoms with Gasteiger partial charge in [0.05, 0.1) is 4.88 Å². The van der Waals surface area contributed by atoms with E-state index in [9.17, 15) is 5.11 Å². The van der Waals surface area contributed by atoms with E-state index in [0.29, 0.717) is 14.6 Å². The van der Waals surface area contributed by atoms with Crippen molar-refractivity contribution in [2.75, 3.05) is 0 Å². The van der Waals surface area contributed by atoms with Crippen molar-refractivity contribution in [2.24, 2.45) is 0 Å². The molecule has 4 heterocycles. The van der Waals surface area contributed by atoms with Gasteiger partial charge in [-0.25, -0.2) is 0 Å². The normalized spacial score (nSPS) is 17.2. The van der Waals surface area contributed by atoms with Crippen LogP contribution in [0.1, 0.15) is 88.8 Å². The zero-order valence-corrected chi connectivity index (χ0v) is 33.7. The van der Waals surface area contributed by atoms with Crippen LogP contribution in [0.2, 0.25) is 0 Å². The Balaban J connectivity index is 1.60. The first-order valence-corrected chi connectivity index (χ1v) is 19.9. The number of furan rings is 1. The third kappa shape index (κ3) is 6.05. The Morgan fingerprint density at radius 1 is 0.574 bits per heavy atom. The van der Waals surface area contributed by atoms with E-state index in [-0.39, 0.29) is 49.2 Å². The third-order valence-electron chi connectivity index (χ3n) is 9.76. The number of thiophene rings is 3. The lowest BCUT2D eigenvalue weighted by Crippen LogP contribution is -2.48. The van der Waals surface area contributed by atoms with Crippen LogP contribution in [-0.2, 0) is 16.2 Å². The number of fused-ring (bicyclic) bond motifs is 1. The molecule has 1 aliphatic rings. The molecule has 1 aliphatic carbocycles. The molecule has 54 heavy (non-hydrogen) atoms. The van der Waals surface area contributed by atoms with Crippen molar-refractivity contribution in [3.05, 3.63) is 99.2 Å². The van der Waals surface area contributed by atoms with Gasteiger partial charge in [-0.2, -0.15) is 26.3 Å². The molecule has 0 spiro atoms. The number of hydrogen-bond acceptors (Lipinski definition) is 5. The van der Waals surface area contributed by atoms with Gasteiger partial charge < -0.3 is 9.52 Å². The lowest BCUT2D eigenvalue weighted by molar-refractivity contribution is -0.254. The Hall–Kier alpha value is -3.80. The standard InChI is InChI=1S/C43H40F6O2S3/c1-38(2,3)23-12-10-22(11-13-23)36-33(25-20-24(50)14-15-27(25)51-36)35-34(41(44,45)43(48,49)42(35,46)47)26-21-30(28-16-18-31(52-28)39(4,5)6)54-37(26)29-17-19-32(53-29)40(7,8)9/h10-21,50H,1-9H3. The van der Waals surface area contributed by atoms with Crippen LogP contribution in [0.5, 0.6) is 5.75 Å². The van der Waals surface area contributed by atoms with Crippen molar-refractivity contribution in [1.82, 2.24) is 0 Å². The number of rotatable bonds is 5. The first kappa shape index (κ1) is 38.5. The monoisotopic (exact) mass is 798 g/mol. The number of allylic oxidation sites excluding steroid dienone is 2. The highest BCUT2D eigenvalue weighted by Crippen LogP contribution is 2.67. The van der Waals surface area contributed by atoms with Crippen LogP contribution in [0.4, 0.5) is 26.3 Å². The predicted molar refractivity (Wildman–Crippen MR) is 212 cm³/mol. The minimum Gasteiger partial charge on any atom is -0.508 e. The van der Waals surface area contributed by atoms with E-state index in [0.717, 1.165) is 32.7 Å². The molecule has 0 fully saturated rings. The summed E-state index contributed by atoms with van der Waals surface area (Å²) in [4.78, 5) is 3.78. The maximum Gasteiger partial charge on any atom is 0.380 e. The maximum absolute atomic E-state index is 16.7. The summed E-state index contributed by atoms with van der Waals surface area (Å²) in [6, 6.07) is 19.1. The van der Waals surface area contributed by atoms with Crippen LogP contribution >= 0.6 is 34.0 Å². The smallest absolute Gasteiger partial charge is 0.380 e. The van der Waals surface area contributed by atoms with E-state index in [1.165, 1.54) is 40.9 Å². The Morgan fingerprint density at radius 2 is 1.13 bits per heavy atom. The first-order chi connectivity index (χ1) is 24.8. The van der Waals surface area contributed by atoms with E-state index in [4.69, 9.17) is 4.42 Å². The van der Waals surface area contributed by atoms with E-state index >= 15 is 26.3 Å². The van der Waals surface area contributed by atoms with Gasteiger partial charge in [0.2, 0.25) is 0 Å². The Kier molecular flexibility index (Phi) is 8.80. The molecule has 0 atom stereocenters. The van der Waals surface area contributed by atoms with Crippen LogP contribution in [0, 0.1) is 0 Å². The Bertz CT molecular complexity index is 2430. The molecule has 0 saturated carbocycles. The van der Waals surface area contributed by atoms with Gasteiger partial charge in [0.1, 0.15) is 17.1 Å². The van der Waals surface area contributed by atoms with Gasteiger partial charge in [0.15, 0.2) is 0 Å². The maximum atomic E-state index is 16.7. The summed E-state index contributed by atoms with van der Waals surface area (Å²) >= 11 is 3.86. The highest BCUT2D eigenvalue weighted by Gasteiger charge is 2.80. The second kappa shape index (κ2) is 12.4. The van der Waals surface area contributed by atoms with E-state index in [1.54, 1.807) is 30.3 Å². The number of phenols is 1. The summed E-state index contributed by atoms with van der Waals surface area (Å²) in [6.45, 7) is 18.0. The zero-order chi connectivity index (χ0) is 39.6. The minimum atomic E-state index is -5.81. The van der Waals surface area contributed by atoms with Gasteiger partial charge in [0, 0.05) is 57.6 Å². The number of benzene rings is 2. The number of phenolic OH excluding ortho intramolecular Hbond substituents is 1. The average Bonchev–Trinajstić information content (AvgIpc) is 3.87. The van der Waals surface area contributed by atoms with Crippen molar-refractivity contribution in [2.45, 2.75) is 96.3 Å². The molecule has 0 amide bonds. The zero-order valence-electron chi connectivity index (χ0n) is 31.3. The van der Waals surface area contributed by atoms with Crippen LogP contribution in [0.25, 0.3) is 52.9 Å². The summed E-state index contributed by atoms with van der Waals surface area (Å²) in [7, 11) is 0. The molecule has 0 unspecified atom stereocenters. The van der Waals surface area contributed by atoms with Crippen LogP contribution < -0.4 is 0 Å². The molecule has 1 N–H and O–H groups in total. The van der Waals surface area contributed by atoms with Crippen LogP contribution in [0.3, 0.4) is 0 Å². The Labute approximate surface area is 322 Å². The third-order valence-corrected chi connectivity index (χ3v) is 14.3. The molecule has 7 rings (SSSR count). The van der Waals surface area contributed by atoms with Gasteiger partial charge in [-0.05, 0) is 70.3 Å². The number of halogens is 6. The first-order valence-electron chi connectivity index (χ1n) is 17.4. The molecule has 0 radical (unpaired) electrons. The van der Waals surface area contributed by atoms with Crippen molar-refractivity contribution < 1.29 is 35.9 Å². The molecule has 0 bridgehead atoms. The fraction of sp³-hybridized carbons (Fsp3) is 0.349. The lowest BCUT2D eigenvalue weighted by Gasteiger charge is -2.26. The largest absolute Gasteiger partial charge is 0.508 e. The van der Waals surface area contributed by atoms with Gasteiger partial charge >= 0.3 is 17.8 Å². The molecule has 2 aromatic carbocycles. The highest BCUT2D eigenvalue weighted by molar-refractivity contribution is 7.26. The highest BCUT2D eigenvalue weighted by atomic mass is 32.1.